The molecule has 2 heterocycles. The van der Waals surface area contributed by atoms with E-state index in [1.165, 1.54) is 25.3 Å². The second-order valence-corrected chi connectivity index (χ2v) is 5.48. The van der Waals surface area contributed by atoms with Crippen LogP contribution in [0.4, 0.5) is 17.3 Å². The minimum atomic E-state index is -0.400. The van der Waals surface area contributed by atoms with Gasteiger partial charge < -0.3 is 15.5 Å². The largest absolute Gasteiger partial charge is 0.373 e. The van der Waals surface area contributed by atoms with Crippen molar-refractivity contribution < 1.29 is 4.92 Å². The number of aromatic nitrogens is 1. The molecular formula is C14H23N5O2. The van der Waals surface area contributed by atoms with Crippen molar-refractivity contribution >= 4 is 17.3 Å². The number of likely N-dealkylation sites (tertiary alicyclic amines) is 1. The molecule has 0 bridgehead atoms. The molecule has 0 aliphatic carbocycles. The Labute approximate surface area is 124 Å². The third-order valence-corrected chi connectivity index (χ3v) is 3.69. The normalized spacial score (nSPS) is 17.2. The van der Waals surface area contributed by atoms with Gasteiger partial charge >= 0.3 is 5.69 Å². The van der Waals surface area contributed by atoms with Crippen LogP contribution in [0.2, 0.25) is 0 Å². The second kappa shape index (κ2) is 7.21. The molecule has 21 heavy (non-hydrogen) atoms. The van der Waals surface area contributed by atoms with E-state index in [0.29, 0.717) is 11.6 Å². The molecule has 0 saturated carbocycles. The summed E-state index contributed by atoms with van der Waals surface area (Å²) in [6.45, 7) is 5.13. The predicted octanol–water partition coefficient (Wildman–Crippen LogP) is 2.32. The highest BCUT2D eigenvalue weighted by Crippen LogP contribution is 2.24. The van der Waals surface area contributed by atoms with Crippen molar-refractivity contribution in [2.75, 3.05) is 37.3 Å². The zero-order valence-electron chi connectivity index (χ0n) is 12.6. The van der Waals surface area contributed by atoms with Gasteiger partial charge in [0.05, 0.1) is 4.92 Å². The van der Waals surface area contributed by atoms with Crippen LogP contribution >= 0.6 is 0 Å². The van der Waals surface area contributed by atoms with Crippen molar-refractivity contribution in [3.63, 3.8) is 0 Å². The molecule has 1 aliphatic heterocycles. The fraction of sp³-hybridized carbons (Fsp3) is 0.643. The topological polar surface area (TPSA) is 83.3 Å². The van der Waals surface area contributed by atoms with Crippen LogP contribution in [0.3, 0.4) is 0 Å². The van der Waals surface area contributed by atoms with E-state index >= 15 is 0 Å². The van der Waals surface area contributed by atoms with Gasteiger partial charge in [0, 0.05) is 25.7 Å². The lowest BCUT2D eigenvalue weighted by Gasteiger charge is -2.29. The van der Waals surface area contributed by atoms with E-state index in [4.69, 9.17) is 0 Å². The Bertz CT molecular complexity index is 488. The van der Waals surface area contributed by atoms with Gasteiger partial charge in [-0.1, -0.05) is 6.42 Å². The molecule has 7 heteroatoms. The molecule has 0 spiro atoms. The van der Waals surface area contributed by atoms with Crippen molar-refractivity contribution in [3.8, 4) is 0 Å². The highest BCUT2D eigenvalue weighted by molar-refractivity contribution is 5.60. The number of hydrogen-bond donors (Lipinski definition) is 2. The number of anilines is 2. The summed E-state index contributed by atoms with van der Waals surface area (Å²) in [5.41, 5.74) is 0.0134. The molecule has 0 aromatic carbocycles. The van der Waals surface area contributed by atoms with Gasteiger partial charge in [-0.2, -0.15) is 0 Å². The van der Waals surface area contributed by atoms with Crippen LogP contribution in [0.5, 0.6) is 0 Å². The van der Waals surface area contributed by atoms with Gasteiger partial charge in [0.1, 0.15) is 5.82 Å². The molecule has 1 aromatic heterocycles. The lowest BCUT2D eigenvalue weighted by Crippen LogP contribution is -2.38. The number of hydrogen-bond acceptors (Lipinski definition) is 6. The minimum absolute atomic E-state index is 0.0134. The summed E-state index contributed by atoms with van der Waals surface area (Å²) in [6.07, 6.45) is 3.77. The quantitative estimate of drug-likeness (QED) is 0.618. The van der Waals surface area contributed by atoms with E-state index < -0.39 is 4.92 Å². The van der Waals surface area contributed by atoms with Crippen molar-refractivity contribution in [2.24, 2.45) is 0 Å². The number of nitrogens with zero attached hydrogens (tertiary/aromatic N) is 3. The molecule has 1 fully saturated rings. The fourth-order valence-corrected chi connectivity index (χ4v) is 2.65. The summed E-state index contributed by atoms with van der Waals surface area (Å²) >= 11 is 0. The molecule has 0 amide bonds. The molecule has 7 nitrogen and oxygen atoms in total. The summed E-state index contributed by atoms with van der Waals surface area (Å²) in [5, 5.41) is 17.2. The van der Waals surface area contributed by atoms with Crippen LogP contribution < -0.4 is 10.6 Å². The van der Waals surface area contributed by atoms with Crippen LogP contribution in [0.15, 0.2) is 12.1 Å². The maximum absolute atomic E-state index is 11.1. The molecule has 1 aliphatic rings. The summed E-state index contributed by atoms with van der Waals surface area (Å²) in [4.78, 5) is 17.3. The first-order valence-corrected chi connectivity index (χ1v) is 7.42. The molecule has 0 radical (unpaired) electrons. The summed E-state index contributed by atoms with van der Waals surface area (Å²) in [5.74, 6) is 0.949. The average molecular weight is 293 g/mol. The van der Waals surface area contributed by atoms with Crippen LogP contribution in [0, 0.1) is 10.1 Å². The number of rotatable bonds is 6. The number of nitrogens with one attached hydrogen (secondary N) is 2. The molecule has 116 valence electrons. The first kappa shape index (κ1) is 15.5. The molecule has 1 unspecified atom stereocenters. The van der Waals surface area contributed by atoms with E-state index in [2.05, 4.69) is 20.5 Å². The van der Waals surface area contributed by atoms with Crippen LogP contribution in [0.25, 0.3) is 0 Å². The van der Waals surface area contributed by atoms with E-state index in [-0.39, 0.29) is 11.7 Å². The van der Waals surface area contributed by atoms with Gasteiger partial charge in [-0.25, -0.2) is 4.98 Å². The van der Waals surface area contributed by atoms with Crippen molar-refractivity contribution in [1.29, 1.82) is 0 Å². The second-order valence-electron chi connectivity index (χ2n) is 5.48. The molecule has 2 rings (SSSR count). The van der Waals surface area contributed by atoms with Gasteiger partial charge in [-0.15, -0.1) is 0 Å². The van der Waals surface area contributed by atoms with E-state index in [0.717, 1.165) is 19.6 Å². The molecule has 1 atom stereocenters. The lowest BCUT2D eigenvalue weighted by molar-refractivity contribution is -0.384. The minimum Gasteiger partial charge on any atom is -0.373 e. The zero-order valence-corrected chi connectivity index (χ0v) is 12.6. The van der Waals surface area contributed by atoms with Gasteiger partial charge in [0.25, 0.3) is 0 Å². The molecule has 1 aromatic rings. The van der Waals surface area contributed by atoms with Crippen LogP contribution in [-0.4, -0.2) is 47.5 Å². The first-order chi connectivity index (χ1) is 10.1. The Morgan fingerprint density at radius 3 is 2.71 bits per heavy atom. The predicted molar refractivity (Wildman–Crippen MR) is 83.8 cm³/mol. The maximum atomic E-state index is 11.1. The standard InChI is InChI=1S/C14H23N5O2/c1-11(10-18-8-4-3-5-9-18)16-14-12(19(20)21)6-7-13(15-2)17-14/h6-7,11H,3-5,8-10H2,1-2H3,(H2,15,16,17). The third-order valence-electron chi connectivity index (χ3n) is 3.69. The van der Waals surface area contributed by atoms with Gasteiger partial charge in [0.15, 0.2) is 0 Å². The Kier molecular flexibility index (Phi) is 5.32. The monoisotopic (exact) mass is 293 g/mol. The SMILES string of the molecule is CNc1ccc([N+](=O)[O-])c(NC(C)CN2CCCCC2)n1. The lowest BCUT2D eigenvalue weighted by atomic mass is 10.1. The number of nitro groups is 1. The third kappa shape index (κ3) is 4.29. The Balaban J connectivity index is 2.04. The number of pyridine rings is 1. The van der Waals surface area contributed by atoms with Gasteiger partial charge in [-0.3, -0.25) is 10.1 Å². The summed E-state index contributed by atoms with van der Waals surface area (Å²) in [6, 6.07) is 3.20. The van der Waals surface area contributed by atoms with Crippen molar-refractivity contribution in [1.82, 2.24) is 9.88 Å². The van der Waals surface area contributed by atoms with Crippen LogP contribution in [0.1, 0.15) is 26.2 Å². The maximum Gasteiger partial charge on any atom is 0.311 e. The summed E-state index contributed by atoms with van der Waals surface area (Å²) < 4.78 is 0. The molecule has 1 saturated heterocycles. The number of piperidine rings is 1. The van der Waals surface area contributed by atoms with Crippen LogP contribution in [-0.2, 0) is 0 Å². The van der Waals surface area contributed by atoms with Gasteiger partial charge in [0.2, 0.25) is 5.82 Å². The Morgan fingerprint density at radius 2 is 2.10 bits per heavy atom. The van der Waals surface area contributed by atoms with Crippen molar-refractivity contribution in [3.05, 3.63) is 22.2 Å². The smallest absolute Gasteiger partial charge is 0.311 e. The highest BCUT2D eigenvalue weighted by atomic mass is 16.6. The molecule has 2 N–H and O–H groups in total. The van der Waals surface area contributed by atoms with E-state index in [1.54, 1.807) is 13.1 Å². The first-order valence-electron chi connectivity index (χ1n) is 7.42. The zero-order chi connectivity index (χ0) is 15.2. The highest BCUT2D eigenvalue weighted by Gasteiger charge is 2.19. The van der Waals surface area contributed by atoms with E-state index in [9.17, 15) is 10.1 Å². The van der Waals surface area contributed by atoms with Crippen molar-refractivity contribution in [2.45, 2.75) is 32.2 Å². The molecular weight excluding hydrogens is 270 g/mol. The van der Waals surface area contributed by atoms with Gasteiger partial charge in [-0.05, 0) is 38.9 Å². The average Bonchev–Trinajstić information content (AvgIpc) is 2.47. The Morgan fingerprint density at radius 1 is 1.38 bits per heavy atom. The summed E-state index contributed by atoms with van der Waals surface area (Å²) in [7, 11) is 1.75. The fourth-order valence-electron chi connectivity index (χ4n) is 2.65. The van der Waals surface area contributed by atoms with E-state index in [1.807, 2.05) is 6.92 Å². The Hall–Kier alpha value is -1.89.